The number of hydrogen-bond acceptors (Lipinski definition) is 3. The zero-order valence-electron chi connectivity index (χ0n) is 8.80. The van der Waals surface area contributed by atoms with E-state index in [0.717, 1.165) is 10.7 Å². The molecule has 0 saturated heterocycles. The Hall–Kier alpha value is -2.21. The van der Waals surface area contributed by atoms with Gasteiger partial charge in [0.1, 0.15) is 5.82 Å². The summed E-state index contributed by atoms with van der Waals surface area (Å²) in [4.78, 5) is 21.5. The van der Waals surface area contributed by atoms with Crippen LogP contribution in [0.3, 0.4) is 0 Å². The van der Waals surface area contributed by atoms with Gasteiger partial charge in [0.05, 0.1) is 16.3 Å². The van der Waals surface area contributed by atoms with Crippen molar-refractivity contribution in [2.24, 2.45) is 0 Å². The molecule has 0 unspecified atom stereocenters. The Morgan fingerprint density at radius 2 is 2.22 bits per heavy atom. The Labute approximate surface area is 105 Å². The predicted molar refractivity (Wildman–Crippen MR) is 60.9 cm³/mol. The van der Waals surface area contributed by atoms with E-state index in [1.165, 1.54) is 18.3 Å². The fourth-order valence-electron chi connectivity index (χ4n) is 1.40. The Kier molecular flexibility index (Phi) is 3.12. The van der Waals surface area contributed by atoms with Crippen LogP contribution >= 0.6 is 11.6 Å². The summed E-state index contributed by atoms with van der Waals surface area (Å²) in [5.41, 5.74) is -0.0783. The molecule has 0 atom stereocenters. The van der Waals surface area contributed by atoms with E-state index in [9.17, 15) is 14.0 Å². The molecule has 0 saturated carbocycles. The molecule has 1 aromatic carbocycles. The quantitative estimate of drug-likeness (QED) is 0.866. The SMILES string of the molecule is O=Cc1cn(-c2ccc(F)c(Cl)c2)nc1C(=O)O. The monoisotopic (exact) mass is 268 g/mol. The minimum atomic E-state index is -1.32. The van der Waals surface area contributed by atoms with Crippen LogP contribution in [0, 0.1) is 5.82 Å². The summed E-state index contributed by atoms with van der Waals surface area (Å²) >= 11 is 5.60. The standard InChI is InChI=1S/C11H6ClFN2O3/c12-8-3-7(1-2-9(8)13)15-4-6(5-16)10(14-15)11(17)18/h1-5H,(H,17,18). The summed E-state index contributed by atoms with van der Waals surface area (Å²) in [6.07, 6.45) is 1.62. The van der Waals surface area contributed by atoms with Gasteiger partial charge < -0.3 is 5.11 Å². The average Bonchev–Trinajstić information content (AvgIpc) is 2.77. The van der Waals surface area contributed by atoms with E-state index < -0.39 is 11.8 Å². The fraction of sp³-hybridized carbons (Fsp3) is 0. The van der Waals surface area contributed by atoms with E-state index in [2.05, 4.69) is 5.10 Å². The topological polar surface area (TPSA) is 72.2 Å². The van der Waals surface area contributed by atoms with Crippen molar-refractivity contribution in [2.75, 3.05) is 0 Å². The van der Waals surface area contributed by atoms with Crippen LogP contribution in [0.5, 0.6) is 0 Å². The third-order valence-electron chi connectivity index (χ3n) is 2.24. The van der Waals surface area contributed by atoms with Crippen molar-refractivity contribution in [3.8, 4) is 5.69 Å². The molecule has 0 aliphatic heterocycles. The lowest BCUT2D eigenvalue weighted by Crippen LogP contribution is -2.02. The van der Waals surface area contributed by atoms with Gasteiger partial charge >= 0.3 is 5.97 Å². The minimum absolute atomic E-state index is 0.0667. The third-order valence-corrected chi connectivity index (χ3v) is 2.53. The Morgan fingerprint density at radius 1 is 1.50 bits per heavy atom. The second kappa shape index (κ2) is 4.58. The van der Waals surface area contributed by atoms with Gasteiger partial charge in [0.25, 0.3) is 0 Å². The summed E-state index contributed by atoms with van der Waals surface area (Å²) in [6.45, 7) is 0. The number of aromatic carboxylic acids is 1. The van der Waals surface area contributed by atoms with E-state index in [-0.39, 0.29) is 16.3 Å². The normalized spacial score (nSPS) is 10.3. The first-order chi connectivity index (χ1) is 8.52. The number of carboxylic acid groups (broad SMARTS) is 1. The first-order valence-corrected chi connectivity index (χ1v) is 5.14. The summed E-state index contributed by atoms with van der Waals surface area (Å²) in [5.74, 6) is -1.91. The van der Waals surface area contributed by atoms with Crippen molar-refractivity contribution in [3.05, 3.63) is 46.5 Å². The van der Waals surface area contributed by atoms with Crippen LogP contribution in [0.1, 0.15) is 20.8 Å². The molecular formula is C11H6ClFN2O3. The number of carbonyl (C=O) groups is 2. The van der Waals surface area contributed by atoms with Gasteiger partial charge in [-0.2, -0.15) is 5.10 Å². The molecule has 7 heteroatoms. The largest absolute Gasteiger partial charge is 0.476 e. The van der Waals surface area contributed by atoms with Gasteiger partial charge in [0, 0.05) is 6.20 Å². The Balaban J connectivity index is 2.54. The average molecular weight is 269 g/mol. The van der Waals surface area contributed by atoms with E-state index in [0.29, 0.717) is 12.0 Å². The van der Waals surface area contributed by atoms with E-state index in [1.54, 1.807) is 0 Å². The van der Waals surface area contributed by atoms with Crippen LogP contribution in [-0.2, 0) is 0 Å². The third kappa shape index (κ3) is 2.10. The number of benzene rings is 1. The molecule has 2 aromatic rings. The smallest absolute Gasteiger partial charge is 0.357 e. The number of rotatable bonds is 3. The lowest BCUT2D eigenvalue weighted by atomic mass is 10.3. The van der Waals surface area contributed by atoms with Gasteiger partial charge in [-0.25, -0.2) is 13.9 Å². The molecule has 0 bridgehead atoms. The van der Waals surface area contributed by atoms with Crippen molar-refractivity contribution in [2.45, 2.75) is 0 Å². The van der Waals surface area contributed by atoms with E-state index in [4.69, 9.17) is 16.7 Å². The number of halogens is 2. The lowest BCUT2D eigenvalue weighted by Gasteiger charge is -2.01. The molecule has 1 N–H and O–H groups in total. The number of aromatic nitrogens is 2. The molecule has 0 fully saturated rings. The number of nitrogens with zero attached hydrogens (tertiary/aromatic N) is 2. The van der Waals surface area contributed by atoms with Crippen LogP contribution < -0.4 is 0 Å². The molecule has 0 amide bonds. The van der Waals surface area contributed by atoms with Crippen LogP contribution in [-0.4, -0.2) is 27.1 Å². The van der Waals surface area contributed by atoms with Gasteiger partial charge in [-0.15, -0.1) is 0 Å². The van der Waals surface area contributed by atoms with Gasteiger partial charge in [-0.3, -0.25) is 4.79 Å². The molecular weight excluding hydrogens is 263 g/mol. The molecule has 0 spiro atoms. The second-order valence-electron chi connectivity index (χ2n) is 3.40. The highest BCUT2D eigenvalue weighted by Gasteiger charge is 2.16. The number of carboxylic acids is 1. The molecule has 92 valence electrons. The van der Waals surface area contributed by atoms with Crippen LogP contribution in [0.2, 0.25) is 5.02 Å². The van der Waals surface area contributed by atoms with E-state index >= 15 is 0 Å². The number of aldehydes is 1. The van der Waals surface area contributed by atoms with Crippen LogP contribution in [0.4, 0.5) is 4.39 Å². The van der Waals surface area contributed by atoms with Gasteiger partial charge in [-0.1, -0.05) is 11.6 Å². The maximum Gasteiger partial charge on any atom is 0.357 e. The highest BCUT2D eigenvalue weighted by Crippen LogP contribution is 2.19. The van der Waals surface area contributed by atoms with Crippen molar-refractivity contribution in [1.82, 2.24) is 9.78 Å². The van der Waals surface area contributed by atoms with Crippen LogP contribution in [0.25, 0.3) is 5.69 Å². The molecule has 1 aromatic heterocycles. The molecule has 1 heterocycles. The molecule has 18 heavy (non-hydrogen) atoms. The van der Waals surface area contributed by atoms with Crippen LogP contribution in [0.15, 0.2) is 24.4 Å². The highest BCUT2D eigenvalue weighted by molar-refractivity contribution is 6.30. The maximum absolute atomic E-state index is 13.0. The zero-order valence-corrected chi connectivity index (χ0v) is 9.56. The Bertz CT molecular complexity index is 639. The van der Waals surface area contributed by atoms with Crippen molar-refractivity contribution >= 4 is 23.9 Å². The molecule has 0 radical (unpaired) electrons. The highest BCUT2D eigenvalue weighted by atomic mass is 35.5. The summed E-state index contributed by atoms with van der Waals surface area (Å²) in [5, 5.41) is 12.4. The Morgan fingerprint density at radius 3 is 2.72 bits per heavy atom. The summed E-state index contributed by atoms with van der Waals surface area (Å²) in [7, 11) is 0. The van der Waals surface area contributed by atoms with Gasteiger partial charge in [-0.05, 0) is 18.2 Å². The summed E-state index contributed by atoms with van der Waals surface area (Å²) < 4.78 is 14.1. The lowest BCUT2D eigenvalue weighted by molar-refractivity contribution is 0.0687. The van der Waals surface area contributed by atoms with Gasteiger partial charge in [0.15, 0.2) is 12.0 Å². The maximum atomic E-state index is 13.0. The predicted octanol–water partition coefficient (Wildman–Crippen LogP) is 2.18. The first kappa shape index (κ1) is 12.3. The molecule has 5 nitrogen and oxygen atoms in total. The number of hydrogen-bond donors (Lipinski definition) is 1. The first-order valence-electron chi connectivity index (χ1n) is 4.76. The second-order valence-corrected chi connectivity index (χ2v) is 3.81. The zero-order chi connectivity index (χ0) is 13.3. The number of carbonyl (C=O) groups excluding carboxylic acids is 1. The molecule has 0 aliphatic carbocycles. The van der Waals surface area contributed by atoms with E-state index in [1.807, 2.05) is 0 Å². The summed E-state index contributed by atoms with van der Waals surface area (Å²) in [6, 6.07) is 3.78. The van der Waals surface area contributed by atoms with Crippen molar-refractivity contribution in [1.29, 1.82) is 0 Å². The minimum Gasteiger partial charge on any atom is -0.476 e. The molecule has 0 aliphatic rings. The van der Waals surface area contributed by atoms with Crippen molar-refractivity contribution in [3.63, 3.8) is 0 Å². The fourth-order valence-corrected chi connectivity index (χ4v) is 1.57. The van der Waals surface area contributed by atoms with Crippen molar-refractivity contribution < 1.29 is 19.1 Å². The molecule has 2 rings (SSSR count). The van der Waals surface area contributed by atoms with Gasteiger partial charge in [0.2, 0.25) is 0 Å².